The van der Waals surface area contributed by atoms with E-state index in [1.165, 1.54) is 0 Å². The van der Waals surface area contributed by atoms with Crippen molar-refractivity contribution < 1.29 is 14.3 Å². The van der Waals surface area contributed by atoms with Crippen LogP contribution >= 0.6 is 0 Å². The first-order chi connectivity index (χ1) is 8.67. The smallest absolute Gasteiger partial charge is 0.338 e. The Bertz CT molecular complexity index is 415. The molecule has 0 aliphatic rings. The third kappa shape index (κ3) is 4.98. The summed E-state index contributed by atoms with van der Waals surface area (Å²) in [6, 6.07) is 7.15. The van der Waals surface area contributed by atoms with Gasteiger partial charge in [0, 0.05) is 12.9 Å². The van der Waals surface area contributed by atoms with Crippen LogP contribution in [-0.2, 0) is 20.2 Å². The van der Waals surface area contributed by atoms with E-state index < -0.39 is 0 Å². The zero-order valence-electron chi connectivity index (χ0n) is 11.0. The molecule has 100 valence electrons. The molecule has 0 fully saturated rings. The second kappa shape index (κ2) is 8.00. The first kappa shape index (κ1) is 14.9. The van der Waals surface area contributed by atoms with Crippen LogP contribution in [0.15, 0.2) is 28.6 Å². The highest BCUT2D eigenvalue weighted by molar-refractivity contribution is 7.86. The summed E-state index contributed by atoms with van der Waals surface area (Å²) >= 11 is 0. The van der Waals surface area contributed by atoms with Crippen molar-refractivity contribution in [3.8, 4) is 0 Å². The van der Waals surface area contributed by atoms with Gasteiger partial charge in [-0.1, -0.05) is 10.7 Å². The van der Waals surface area contributed by atoms with Gasteiger partial charge in [-0.3, -0.25) is 0 Å². The summed E-state index contributed by atoms with van der Waals surface area (Å²) in [6.45, 7) is 2.89. The van der Waals surface area contributed by atoms with Crippen LogP contribution in [0.3, 0.4) is 0 Å². The molecule has 0 saturated heterocycles. The van der Waals surface area contributed by atoms with Crippen LogP contribution in [0, 0.1) is 0 Å². The number of hydrogen-bond donors (Lipinski definition) is 0. The Balaban J connectivity index is 2.68. The standard InChI is InChI=1S/C13H19NO3S/c1-4-17-13(15)11-5-7-12(8-6-11)14-18(3)10-9-16-2/h5-8H,4,9-10H2,1-3H3. The molecule has 0 radical (unpaired) electrons. The van der Waals surface area contributed by atoms with Crippen LogP contribution in [0.4, 0.5) is 5.69 Å². The number of esters is 1. The Morgan fingerprint density at radius 3 is 2.56 bits per heavy atom. The molecule has 0 aliphatic heterocycles. The van der Waals surface area contributed by atoms with Crippen molar-refractivity contribution in [1.29, 1.82) is 0 Å². The molecule has 0 aromatic heterocycles. The highest BCUT2D eigenvalue weighted by Crippen LogP contribution is 2.15. The van der Waals surface area contributed by atoms with E-state index in [1.54, 1.807) is 26.2 Å². The van der Waals surface area contributed by atoms with Gasteiger partial charge in [-0.2, -0.15) is 0 Å². The number of methoxy groups -OCH3 is 1. The van der Waals surface area contributed by atoms with Gasteiger partial charge in [0.15, 0.2) is 0 Å². The molecule has 0 N–H and O–H groups in total. The lowest BCUT2D eigenvalue weighted by Crippen LogP contribution is -2.04. The first-order valence-electron chi connectivity index (χ1n) is 5.78. The number of rotatable bonds is 6. The van der Waals surface area contributed by atoms with E-state index in [2.05, 4.69) is 10.6 Å². The van der Waals surface area contributed by atoms with Crippen molar-refractivity contribution in [2.75, 3.05) is 32.3 Å². The third-order valence-corrected chi connectivity index (χ3v) is 3.50. The summed E-state index contributed by atoms with van der Waals surface area (Å²) in [5.74, 6) is 0.620. The maximum absolute atomic E-state index is 11.5. The average Bonchev–Trinajstić information content (AvgIpc) is 2.37. The minimum Gasteiger partial charge on any atom is -0.462 e. The predicted octanol–water partition coefficient (Wildman–Crippen LogP) is 2.57. The van der Waals surface area contributed by atoms with Gasteiger partial charge in [0.25, 0.3) is 0 Å². The molecule has 0 heterocycles. The summed E-state index contributed by atoms with van der Waals surface area (Å²) in [6.07, 6.45) is 2.07. The highest BCUT2D eigenvalue weighted by atomic mass is 32.2. The van der Waals surface area contributed by atoms with Crippen LogP contribution in [0.5, 0.6) is 0 Å². The van der Waals surface area contributed by atoms with Crippen LogP contribution in [-0.4, -0.2) is 38.3 Å². The lowest BCUT2D eigenvalue weighted by Gasteiger charge is -2.03. The maximum Gasteiger partial charge on any atom is 0.338 e. The summed E-state index contributed by atoms with van der Waals surface area (Å²) in [5.41, 5.74) is 1.44. The quantitative estimate of drug-likeness (QED) is 0.746. The van der Waals surface area contributed by atoms with Crippen LogP contribution < -0.4 is 0 Å². The van der Waals surface area contributed by atoms with E-state index in [0.29, 0.717) is 18.8 Å². The summed E-state index contributed by atoms with van der Waals surface area (Å²) < 4.78 is 14.5. The molecule has 0 bridgehead atoms. The lowest BCUT2D eigenvalue weighted by molar-refractivity contribution is 0.0526. The summed E-state index contributed by atoms with van der Waals surface area (Å²) in [4.78, 5) is 11.5. The number of ether oxygens (including phenoxy) is 2. The van der Waals surface area contributed by atoms with Crippen molar-refractivity contribution in [2.45, 2.75) is 6.92 Å². The van der Waals surface area contributed by atoms with Crippen molar-refractivity contribution in [3.05, 3.63) is 29.8 Å². The molecule has 5 heteroatoms. The zero-order chi connectivity index (χ0) is 13.4. The largest absolute Gasteiger partial charge is 0.462 e. The summed E-state index contributed by atoms with van der Waals surface area (Å²) in [5, 5.41) is 0. The minimum absolute atomic E-state index is 0.0578. The van der Waals surface area contributed by atoms with Crippen molar-refractivity contribution in [1.82, 2.24) is 0 Å². The van der Waals surface area contributed by atoms with E-state index in [9.17, 15) is 4.79 Å². The molecule has 0 aliphatic carbocycles. The molecule has 1 aromatic rings. The number of hydrogen-bond acceptors (Lipinski definition) is 4. The Labute approximate surface area is 110 Å². The van der Waals surface area contributed by atoms with Gasteiger partial charge in [-0.05, 0) is 37.4 Å². The van der Waals surface area contributed by atoms with E-state index >= 15 is 0 Å². The Morgan fingerprint density at radius 2 is 2.00 bits per heavy atom. The van der Waals surface area contributed by atoms with E-state index in [1.807, 2.05) is 12.1 Å². The monoisotopic (exact) mass is 269 g/mol. The molecule has 1 rings (SSSR count). The minimum atomic E-state index is -0.293. The van der Waals surface area contributed by atoms with Gasteiger partial charge in [0.1, 0.15) is 0 Å². The topological polar surface area (TPSA) is 47.9 Å². The number of carbonyl (C=O) groups is 1. The van der Waals surface area contributed by atoms with Gasteiger partial charge in [-0.25, -0.2) is 9.16 Å². The lowest BCUT2D eigenvalue weighted by atomic mass is 10.2. The zero-order valence-corrected chi connectivity index (χ0v) is 11.8. The number of nitrogens with zero attached hydrogens (tertiary/aromatic N) is 1. The molecule has 18 heavy (non-hydrogen) atoms. The van der Waals surface area contributed by atoms with Gasteiger partial charge >= 0.3 is 5.97 Å². The van der Waals surface area contributed by atoms with Gasteiger partial charge < -0.3 is 9.47 Å². The number of benzene rings is 1. The molecule has 4 nitrogen and oxygen atoms in total. The van der Waals surface area contributed by atoms with Crippen LogP contribution in [0.1, 0.15) is 17.3 Å². The Hall–Kier alpha value is -1.20. The second-order valence-electron chi connectivity index (χ2n) is 3.66. The predicted molar refractivity (Wildman–Crippen MR) is 74.5 cm³/mol. The molecule has 1 aromatic carbocycles. The van der Waals surface area contributed by atoms with Crippen molar-refractivity contribution >= 4 is 22.3 Å². The molecule has 0 saturated carbocycles. The molecular weight excluding hydrogens is 250 g/mol. The summed E-state index contributed by atoms with van der Waals surface area (Å²) in [7, 11) is 1.63. The normalized spacial score (nSPS) is 12.4. The molecular formula is C13H19NO3S. The second-order valence-corrected chi connectivity index (χ2v) is 5.45. The molecule has 1 unspecified atom stereocenters. The third-order valence-electron chi connectivity index (χ3n) is 2.22. The average molecular weight is 269 g/mol. The fourth-order valence-corrected chi connectivity index (χ4v) is 2.28. The van der Waals surface area contributed by atoms with E-state index in [4.69, 9.17) is 9.47 Å². The Morgan fingerprint density at radius 1 is 1.33 bits per heavy atom. The van der Waals surface area contributed by atoms with E-state index in [-0.39, 0.29) is 16.7 Å². The van der Waals surface area contributed by atoms with Gasteiger partial charge in [0.05, 0.1) is 24.5 Å². The van der Waals surface area contributed by atoms with E-state index in [0.717, 1.165) is 11.4 Å². The molecule has 0 amide bonds. The first-order valence-corrected chi connectivity index (χ1v) is 7.53. The van der Waals surface area contributed by atoms with Crippen LogP contribution in [0.25, 0.3) is 0 Å². The van der Waals surface area contributed by atoms with Crippen molar-refractivity contribution in [2.24, 2.45) is 4.36 Å². The fraction of sp³-hybridized carbons (Fsp3) is 0.462. The Kier molecular flexibility index (Phi) is 6.60. The fourth-order valence-electron chi connectivity index (χ4n) is 1.30. The number of carbonyl (C=O) groups excluding carboxylic acids is 1. The van der Waals surface area contributed by atoms with Gasteiger partial charge in [0.2, 0.25) is 0 Å². The van der Waals surface area contributed by atoms with Gasteiger partial charge in [-0.15, -0.1) is 0 Å². The highest BCUT2D eigenvalue weighted by Gasteiger charge is 2.05. The molecule has 0 spiro atoms. The maximum atomic E-state index is 11.5. The molecule has 1 atom stereocenters. The SMILES string of the molecule is CCOC(=O)c1ccc(N=S(C)CCOC)cc1. The van der Waals surface area contributed by atoms with Crippen LogP contribution in [0.2, 0.25) is 0 Å². The van der Waals surface area contributed by atoms with Crippen molar-refractivity contribution in [3.63, 3.8) is 0 Å².